The van der Waals surface area contributed by atoms with Crippen LogP contribution in [0.3, 0.4) is 0 Å². The summed E-state index contributed by atoms with van der Waals surface area (Å²) < 4.78 is 38.2. The van der Waals surface area contributed by atoms with Crippen molar-refractivity contribution in [3.05, 3.63) is 35.1 Å². The molecule has 0 aromatic heterocycles. The summed E-state index contributed by atoms with van der Waals surface area (Å²) in [4.78, 5) is 11.4. The Morgan fingerprint density at radius 3 is 2.38 bits per heavy atom. The van der Waals surface area contributed by atoms with Gasteiger partial charge in [0.05, 0.1) is 0 Å². The minimum absolute atomic E-state index is 0.225. The Bertz CT molecular complexity index is 375. The number of hydrogen-bond acceptors (Lipinski definition) is 2. The summed E-state index contributed by atoms with van der Waals surface area (Å²) in [5, 5.41) is 2.46. The third-order valence-electron chi connectivity index (χ3n) is 1.84. The molecule has 0 aliphatic heterocycles. The topological polar surface area (TPSA) is 29.1 Å². The zero-order valence-corrected chi connectivity index (χ0v) is 9.34. The molecule has 1 aromatic rings. The standard InChI is InChI=1S/C10H10F3NOS/c1-16-3-2-14-10(15)6-4-7(11)9(13)8(12)5-6/h4-5H,2-3H2,1H3,(H,14,15). The Balaban J connectivity index is 2.76. The van der Waals surface area contributed by atoms with Crippen LogP contribution in [0.1, 0.15) is 10.4 Å². The van der Waals surface area contributed by atoms with Crippen LogP contribution in [0.2, 0.25) is 0 Å². The second-order valence-electron chi connectivity index (χ2n) is 3.00. The molecule has 1 rings (SSSR count). The third kappa shape index (κ3) is 3.16. The summed E-state index contributed by atoms with van der Waals surface area (Å²) >= 11 is 1.52. The van der Waals surface area contributed by atoms with E-state index >= 15 is 0 Å². The van der Waals surface area contributed by atoms with Gasteiger partial charge in [-0.2, -0.15) is 11.8 Å². The van der Waals surface area contributed by atoms with E-state index < -0.39 is 23.4 Å². The number of carbonyl (C=O) groups excluding carboxylic acids is 1. The van der Waals surface area contributed by atoms with Crippen LogP contribution in [0.25, 0.3) is 0 Å². The minimum Gasteiger partial charge on any atom is -0.351 e. The summed E-state index contributed by atoms with van der Waals surface area (Å²) in [6.07, 6.45) is 1.86. The number of thioether (sulfide) groups is 1. The molecule has 0 atom stereocenters. The van der Waals surface area contributed by atoms with Crippen molar-refractivity contribution in [1.29, 1.82) is 0 Å². The van der Waals surface area contributed by atoms with Gasteiger partial charge < -0.3 is 5.32 Å². The van der Waals surface area contributed by atoms with Crippen LogP contribution in [0, 0.1) is 17.5 Å². The number of benzene rings is 1. The fourth-order valence-corrected chi connectivity index (χ4v) is 1.36. The van der Waals surface area contributed by atoms with Crippen molar-refractivity contribution < 1.29 is 18.0 Å². The monoisotopic (exact) mass is 249 g/mol. The molecular formula is C10H10F3NOS. The lowest BCUT2D eigenvalue weighted by Gasteiger charge is -2.05. The van der Waals surface area contributed by atoms with Gasteiger partial charge in [0.1, 0.15) is 0 Å². The van der Waals surface area contributed by atoms with Crippen LogP contribution in [0.15, 0.2) is 12.1 Å². The van der Waals surface area contributed by atoms with Gasteiger partial charge in [0.2, 0.25) is 0 Å². The molecule has 0 heterocycles. The molecule has 6 heteroatoms. The van der Waals surface area contributed by atoms with Gasteiger partial charge >= 0.3 is 0 Å². The van der Waals surface area contributed by atoms with Gasteiger partial charge in [0.15, 0.2) is 17.5 Å². The van der Waals surface area contributed by atoms with Gasteiger partial charge in [0.25, 0.3) is 5.91 Å². The molecule has 2 nitrogen and oxygen atoms in total. The molecule has 0 spiro atoms. The molecule has 0 saturated heterocycles. The van der Waals surface area contributed by atoms with Crippen molar-refractivity contribution in [2.75, 3.05) is 18.6 Å². The van der Waals surface area contributed by atoms with E-state index in [9.17, 15) is 18.0 Å². The SMILES string of the molecule is CSCCNC(=O)c1cc(F)c(F)c(F)c1. The molecule has 0 radical (unpaired) electrons. The normalized spacial score (nSPS) is 10.2. The summed E-state index contributed by atoms with van der Waals surface area (Å²) in [5.41, 5.74) is -0.225. The van der Waals surface area contributed by atoms with Crippen molar-refractivity contribution in [3.63, 3.8) is 0 Å². The van der Waals surface area contributed by atoms with E-state index in [-0.39, 0.29) is 5.56 Å². The van der Waals surface area contributed by atoms with Crippen LogP contribution < -0.4 is 5.32 Å². The van der Waals surface area contributed by atoms with E-state index in [2.05, 4.69) is 5.32 Å². The number of halogens is 3. The molecule has 1 amide bonds. The number of carbonyl (C=O) groups is 1. The zero-order valence-electron chi connectivity index (χ0n) is 8.52. The van der Waals surface area contributed by atoms with Gasteiger partial charge in [0, 0.05) is 17.9 Å². The van der Waals surface area contributed by atoms with Crippen LogP contribution in [-0.4, -0.2) is 24.5 Å². The van der Waals surface area contributed by atoms with E-state index in [4.69, 9.17) is 0 Å². The van der Waals surface area contributed by atoms with E-state index in [1.807, 2.05) is 6.26 Å². The third-order valence-corrected chi connectivity index (χ3v) is 2.45. The maximum Gasteiger partial charge on any atom is 0.251 e. The highest BCUT2D eigenvalue weighted by Gasteiger charge is 2.14. The molecule has 88 valence electrons. The Hall–Kier alpha value is -1.17. The van der Waals surface area contributed by atoms with Crippen molar-refractivity contribution >= 4 is 17.7 Å². The summed E-state index contributed by atoms with van der Waals surface area (Å²) in [6.45, 7) is 0.389. The smallest absolute Gasteiger partial charge is 0.251 e. The predicted molar refractivity (Wildman–Crippen MR) is 57.0 cm³/mol. The molecule has 0 unspecified atom stereocenters. The molecule has 0 saturated carbocycles. The second-order valence-corrected chi connectivity index (χ2v) is 3.99. The number of hydrogen-bond donors (Lipinski definition) is 1. The van der Waals surface area contributed by atoms with Crippen LogP contribution in [0.4, 0.5) is 13.2 Å². The van der Waals surface area contributed by atoms with Crippen LogP contribution in [0.5, 0.6) is 0 Å². The van der Waals surface area contributed by atoms with Crippen molar-refractivity contribution in [1.82, 2.24) is 5.32 Å². The fourth-order valence-electron chi connectivity index (χ4n) is 1.06. The van der Waals surface area contributed by atoms with Gasteiger partial charge in [-0.1, -0.05) is 0 Å². The van der Waals surface area contributed by atoms with Gasteiger partial charge in [-0.25, -0.2) is 13.2 Å². The first-order chi connectivity index (χ1) is 7.56. The minimum atomic E-state index is -1.57. The predicted octanol–water partition coefficient (Wildman–Crippen LogP) is 2.20. The lowest BCUT2D eigenvalue weighted by atomic mass is 10.2. The first-order valence-electron chi connectivity index (χ1n) is 4.48. The van der Waals surface area contributed by atoms with Gasteiger partial charge in [-0.3, -0.25) is 4.79 Å². The Labute approximate surface area is 95.2 Å². The number of nitrogens with one attached hydrogen (secondary N) is 1. The molecule has 0 aliphatic carbocycles. The van der Waals surface area contributed by atoms with Crippen LogP contribution in [-0.2, 0) is 0 Å². The molecule has 1 aromatic carbocycles. The summed E-state index contributed by atoms with van der Waals surface area (Å²) in [7, 11) is 0. The van der Waals surface area contributed by atoms with E-state index in [0.29, 0.717) is 24.4 Å². The van der Waals surface area contributed by atoms with Crippen molar-refractivity contribution in [2.45, 2.75) is 0 Å². The Morgan fingerprint density at radius 1 is 1.31 bits per heavy atom. The quantitative estimate of drug-likeness (QED) is 0.654. The fraction of sp³-hybridized carbons (Fsp3) is 0.300. The first-order valence-corrected chi connectivity index (χ1v) is 5.87. The average Bonchev–Trinajstić information content (AvgIpc) is 2.25. The van der Waals surface area contributed by atoms with E-state index in [1.165, 1.54) is 11.8 Å². The second kappa shape index (κ2) is 5.79. The van der Waals surface area contributed by atoms with E-state index in [1.54, 1.807) is 0 Å². The lowest BCUT2D eigenvalue weighted by molar-refractivity contribution is 0.0955. The maximum atomic E-state index is 12.8. The molecule has 16 heavy (non-hydrogen) atoms. The molecule has 0 bridgehead atoms. The van der Waals surface area contributed by atoms with Gasteiger partial charge in [-0.15, -0.1) is 0 Å². The lowest BCUT2D eigenvalue weighted by Crippen LogP contribution is -2.26. The molecular weight excluding hydrogens is 239 g/mol. The highest BCUT2D eigenvalue weighted by molar-refractivity contribution is 7.98. The molecule has 0 aliphatic rings. The maximum absolute atomic E-state index is 12.8. The van der Waals surface area contributed by atoms with Gasteiger partial charge in [-0.05, 0) is 18.4 Å². The summed E-state index contributed by atoms with van der Waals surface area (Å²) in [6, 6.07) is 1.35. The first kappa shape index (κ1) is 12.9. The Kier molecular flexibility index (Phi) is 4.67. The highest BCUT2D eigenvalue weighted by atomic mass is 32.2. The summed E-state index contributed by atoms with van der Waals surface area (Å²) in [5.74, 6) is -4.23. The number of amides is 1. The largest absolute Gasteiger partial charge is 0.351 e. The Morgan fingerprint density at radius 2 is 1.88 bits per heavy atom. The molecule has 0 fully saturated rings. The zero-order chi connectivity index (χ0) is 12.1. The number of rotatable bonds is 4. The van der Waals surface area contributed by atoms with Crippen LogP contribution >= 0.6 is 11.8 Å². The average molecular weight is 249 g/mol. The molecule has 1 N–H and O–H groups in total. The van der Waals surface area contributed by atoms with E-state index in [0.717, 1.165) is 0 Å². The highest BCUT2D eigenvalue weighted by Crippen LogP contribution is 2.13. The van der Waals surface area contributed by atoms with Crippen molar-refractivity contribution in [2.24, 2.45) is 0 Å². The van der Waals surface area contributed by atoms with Crippen molar-refractivity contribution in [3.8, 4) is 0 Å².